The molecule has 0 spiro atoms. The predicted molar refractivity (Wildman–Crippen MR) is 73.6 cm³/mol. The fraction of sp³-hybridized carbons (Fsp3) is 0.429. The van der Waals surface area contributed by atoms with Gasteiger partial charge >= 0.3 is 6.03 Å². The van der Waals surface area contributed by atoms with E-state index in [9.17, 15) is 14.7 Å². The van der Waals surface area contributed by atoms with Crippen LogP contribution in [0.5, 0.6) is 0 Å². The number of hydrogen-bond donors (Lipinski definition) is 4. The Labute approximate surface area is 117 Å². The maximum Gasteiger partial charge on any atom is 0.313 e. The largest absolute Gasteiger partial charge is 0.393 e. The average Bonchev–Trinajstić information content (AvgIpc) is 2.40. The summed E-state index contributed by atoms with van der Waals surface area (Å²) in [7, 11) is 0. The molecule has 1 unspecified atom stereocenters. The Hall–Kier alpha value is -2.08. The zero-order valence-electron chi connectivity index (χ0n) is 11.1. The number of urea groups is 1. The first-order chi connectivity index (χ1) is 9.56. The molecule has 1 aliphatic carbocycles. The van der Waals surface area contributed by atoms with Gasteiger partial charge in [0, 0.05) is 6.54 Å². The second-order valence-electron chi connectivity index (χ2n) is 5.09. The smallest absolute Gasteiger partial charge is 0.313 e. The lowest BCUT2D eigenvalue weighted by atomic mass is 9.82. The Morgan fingerprint density at radius 3 is 2.50 bits per heavy atom. The molecule has 0 aromatic heterocycles. The second-order valence-corrected chi connectivity index (χ2v) is 5.09. The molecule has 1 aromatic rings. The molecule has 6 heteroatoms. The van der Waals surface area contributed by atoms with E-state index < -0.39 is 12.1 Å². The summed E-state index contributed by atoms with van der Waals surface area (Å²) in [5.41, 5.74) is 5.80. The van der Waals surface area contributed by atoms with Crippen molar-refractivity contribution in [3.63, 3.8) is 0 Å². The number of carbonyl (C=O) groups excluding carboxylic acids is 2. The number of aliphatic hydroxyl groups is 1. The Kier molecular flexibility index (Phi) is 4.57. The molecule has 1 aromatic carbocycles. The molecule has 0 aliphatic heterocycles. The molecule has 0 heterocycles. The maximum absolute atomic E-state index is 12.2. The van der Waals surface area contributed by atoms with Crippen molar-refractivity contribution < 1.29 is 14.7 Å². The molecular formula is C14H19N3O3. The van der Waals surface area contributed by atoms with Crippen molar-refractivity contribution in [3.05, 3.63) is 35.9 Å². The number of hydrogen-bond acceptors (Lipinski definition) is 3. The zero-order valence-corrected chi connectivity index (χ0v) is 11.1. The number of nitrogens with two attached hydrogens (primary N) is 1. The first-order valence-electron chi connectivity index (χ1n) is 6.63. The lowest BCUT2D eigenvalue weighted by Gasteiger charge is -2.31. The lowest BCUT2D eigenvalue weighted by molar-refractivity contribution is -0.123. The number of benzene rings is 1. The summed E-state index contributed by atoms with van der Waals surface area (Å²) in [4.78, 5) is 23.2. The van der Waals surface area contributed by atoms with E-state index in [4.69, 9.17) is 5.73 Å². The highest BCUT2D eigenvalue weighted by Crippen LogP contribution is 2.26. The van der Waals surface area contributed by atoms with E-state index >= 15 is 0 Å². The van der Waals surface area contributed by atoms with Crippen LogP contribution >= 0.6 is 0 Å². The van der Waals surface area contributed by atoms with Crippen molar-refractivity contribution in [2.24, 2.45) is 11.7 Å². The molecule has 2 rings (SSSR count). The first kappa shape index (κ1) is 14.3. The molecule has 0 saturated heterocycles. The highest BCUT2D eigenvalue weighted by molar-refractivity contribution is 5.87. The molecule has 0 radical (unpaired) electrons. The fourth-order valence-electron chi connectivity index (χ4n) is 2.30. The maximum atomic E-state index is 12.2. The normalized spacial score (nSPS) is 22.4. The summed E-state index contributed by atoms with van der Waals surface area (Å²) in [6, 6.07) is 7.40. The van der Waals surface area contributed by atoms with E-state index in [1.807, 2.05) is 6.07 Å². The van der Waals surface area contributed by atoms with Gasteiger partial charge < -0.3 is 21.5 Å². The number of amides is 3. The van der Waals surface area contributed by atoms with Gasteiger partial charge in [0.2, 0.25) is 5.91 Å². The van der Waals surface area contributed by atoms with Gasteiger partial charge in [0.15, 0.2) is 0 Å². The number of primary amides is 1. The van der Waals surface area contributed by atoms with Crippen LogP contribution in [0.3, 0.4) is 0 Å². The molecule has 108 valence electrons. The van der Waals surface area contributed by atoms with Crippen molar-refractivity contribution in [1.29, 1.82) is 0 Å². The van der Waals surface area contributed by atoms with Crippen molar-refractivity contribution in [2.45, 2.75) is 25.0 Å². The summed E-state index contributed by atoms with van der Waals surface area (Å²) >= 11 is 0. The van der Waals surface area contributed by atoms with Crippen molar-refractivity contribution in [2.75, 3.05) is 6.54 Å². The Balaban J connectivity index is 1.95. The van der Waals surface area contributed by atoms with Crippen molar-refractivity contribution in [1.82, 2.24) is 10.6 Å². The molecule has 1 saturated carbocycles. The van der Waals surface area contributed by atoms with Crippen LogP contribution in [0.1, 0.15) is 24.4 Å². The Morgan fingerprint density at radius 2 is 1.95 bits per heavy atom. The minimum Gasteiger partial charge on any atom is -0.393 e. The quantitative estimate of drug-likeness (QED) is 0.621. The summed E-state index contributed by atoms with van der Waals surface area (Å²) in [5.74, 6) is 0.00958. The molecule has 3 amide bonds. The number of rotatable bonds is 5. The summed E-state index contributed by atoms with van der Waals surface area (Å²) in [6.07, 6.45) is 1.17. The van der Waals surface area contributed by atoms with E-state index in [1.54, 1.807) is 24.3 Å². The SMILES string of the molecule is NC(=O)NC(C(=O)NCC1CC(O)C1)c1ccccc1. The number of carbonyl (C=O) groups is 2. The van der Waals surface area contributed by atoms with Crippen LogP contribution in [0.2, 0.25) is 0 Å². The molecule has 5 N–H and O–H groups in total. The molecule has 20 heavy (non-hydrogen) atoms. The van der Waals surface area contributed by atoms with Crippen LogP contribution in [0.4, 0.5) is 4.79 Å². The second kappa shape index (κ2) is 6.38. The van der Waals surface area contributed by atoms with Crippen LogP contribution in [0.15, 0.2) is 30.3 Å². The van der Waals surface area contributed by atoms with E-state index in [1.165, 1.54) is 0 Å². The highest BCUT2D eigenvalue weighted by atomic mass is 16.3. The predicted octanol–water partition coefficient (Wildman–Crippen LogP) is 0.283. The van der Waals surface area contributed by atoms with Gasteiger partial charge in [-0.2, -0.15) is 0 Å². The van der Waals surface area contributed by atoms with Crippen LogP contribution in [-0.4, -0.2) is 29.7 Å². The Bertz CT molecular complexity index is 472. The highest BCUT2D eigenvalue weighted by Gasteiger charge is 2.28. The van der Waals surface area contributed by atoms with E-state index in [0.717, 1.165) is 0 Å². The third kappa shape index (κ3) is 3.71. The van der Waals surface area contributed by atoms with Crippen LogP contribution in [0, 0.1) is 5.92 Å². The third-order valence-corrected chi connectivity index (χ3v) is 3.46. The van der Waals surface area contributed by atoms with Gasteiger partial charge in [-0.05, 0) is 24.3 Å². The number of aliphatic hydroxyl groups excluding tert-OH is 1. The minimum absolute atomic E-state index is 0.245. The molecule has 0 bridgehead atoms. The topological polar surface area (TPSA) is 104 Å². The van der Waals surface area contributed by atoms with E-state index in [0.29, 0.717) is 30.9 Å². The molecule has 1 atom stereocenters. The van der Waals surface area contributed by atoms with Gasteiger partial charge in [0.05, 0.1) is 6.10 Å². The van der Waals surface area contributed by atoms with Gasteiger partial charge in [-0.1, -0.05) is 30.3 Å². The summed E-state index contributed by atoms with van der Waals surface area (Å²) < 4.78 is 0. The van der Waals surface area contributed by atoms with Gasteiger partial charge in [0.25, 0.3) is 0 Å². The summed E-state index contributed by atoms with van der Waals surface area (Å²) in [5, 5.41) is 14.4. The monoisotopic (exact) mass is 277 g/mol. The standard InChI is InChI=1S/C14H19N3O3/c15-14(20)17-12(10-4-2-1-3-5-10)13(19)16-8-9-6-11(18)7-9/h1-5,9,11-12,18H,6-8H2,(H,16,19)(H3,15,17,20). The third-order valence-electron chi connectivity index (χ3n) is 3.46. The van der Waals surface area contributed by atoms with Crippen molar-refractivity contribution in [3.8, 4) is 0 Å². The fourth-order valence-corrected chi connectivity index (χ4v) is 2.30. The average molecular weight is 277 g/mol. The van der Waals surface area contributed by atoms with Crippen LogP contribution in [0.25, 0.3) is 0 Å². The molecular weight excluding hydrogens is 258 g/mol. The number of nitrogens with one attached hydrogen (secondary N) is 2. The molecule has 1 aliphatic rings. The van der Waals surface area contributed by atoms with Gasteiger partial charge in [-0.15, -0.1) is 0 Å². The van der Waals surface area contributed by atoms with E-state index in [2.05, 4.69) is 10.6 Å². The van der Waals surface area contributed by atoms with Gasteiger partial charge in [-0.3, -0.25) is 4.79 Å². The van der Waals surface area contributed by atoms with Gasteiger partial charge in [-0.25, -0.2) is 4.79 Å². The van der Waals surface area contributed by atoms with Crippen LogP contribution < -0.4 is 16.4 Å². The minimum atomic E-state index is -0.793. The zero-order chi connectivity index (χ0) is 14.5. The molecule has 6 nitrogen and oxygen atoms in total. The van der Waals surface area contributed by atoms with Gasteiger partial charge in [0.1, 0.15) is 6.04 Å². The lowest BCUT2D eigenvalue weighted by Crippen LogP contribution is -2.45. The molecule has 1 fully saturated rings. The first-order valence-corrected chi connectivity index (χ1v) is 6.63. The summed E-state index contributed by atoms with van der Waals surface area (Å²) in [6.45, 7) is 0.500. The van der Waals surface area contributed by atoms with Crippen LogP contribution in [-0.2, 0) is 4.79 Å². The van der Waals surface area contributed by atoms with E-state index in [-0.39, 0.29) is 12.0 Å². The van der Waals surface area contributed by atoms with Crippen molar-refractivity contribution >= 4 is 11.9 Å². The Morgan fingerprint density at radius 1 is 1.30 bits per heavy atom.